The molecule has 0 aliphatic carbocycles. The van der Waals surface area contributed by atoms with Crippen molar-refractivity contribution in [1.29, 1.82) is 0 Å². The van der Waals surface area contributed by atoms with Crippen LogP contribution in [0.5, 0.6) is 5.75 Å². The molecule has 4 rings (SSSR count). The van der Waals surface area contributed by atoms with Crippen LogP contribution in [0.15, 0.2) is 53.1 Å². The highest BCUT2D eigenvalue weighted by atomic mass is 16.5. The third-order valence-corrected chi connectivity index (χ3v) is 5.40. The normalized spacial score (nSPS) is 17.8. The summed E-state index contributed by atoms with van der Waals surface area (Å²) in [5, 5.41) is 4.13. The summed E-state index contributed by atoms with van der Waals surface area (Å²) < 4.78 is 10.7. The molecule has 1 amide bonds. The Morgan fingerprint density at radius 1 is 1.18 bits per heavy atom. The number of rotatable bonds is 5. The molecule has 0 N–H and O–H groups in total. The van der Waals surface area contributed by atoms with Crippen molar-refractivity contribution in [2.24, 2.45) is 0 Å². The quantitative estimate of drug-likeness (QED) is 0.669. The van der Waals surface area contributed by atoms with Crippen LogP contribution in [0.3, 0.4) is 0 Å². The SMILES string of the molecule is COc1ccc(C(C)N2CC(c3nc(-c4ccccc4C)no3)CC2=O)cc1. The van der Waals surface area contributed by atoms with Gasteiger partial charge in [-0.2, -0.15) is 4.98 Å². The summed E-state index contributed by atoms with van der Waals surface area (Å²) in [5.74, 6) is 1.91. The molecule has 2 heterocycles. The Hall–Kier alpha value is -3.15. The molecule has 144 valence electrons. The largest absolute Gasteiger partial charge is 0.497 e. The van der Waals surface area contributed by atoms with E-state index in [1.807, 2.05) is 67.3 Å². The molecule has 2 aromatic carbocycles. The van der Waals surface area contributed by atoms with E-state index in [1.165, 1.54) is 0 Å². The monoisotopic (exact) mass is 377 g/mol. The van der Waals surface area contributed by atoms with Gasteiger partial charge in [-0.05, 0) is 37.1 Å². The van der Waals surface area contributed by atoms with Crippen molar-refractivity contribution in [3.05, 3.63) is 65.5 Å². The average molecular weight is 377 g/mol. The highest BCUT2D eigenvalue weighted by Gasteiger charge is 2.37. The molecule has 2 atom stereocenters. The van der Waals surface area contributed by atoms with Gasteiger partial charge in [-0.15, -0.1) is 0 Å². The molecule has 6 nitrogen and oxygen atoms in total. The van der Waals surface area contributed by atoms with E-state index in [9.17, 15) is 4.79 Å². The number of likely N-dealkylation sites (tertiary alicyclic amines) is 1. The summed E-state index contributed by atoms with van der Waals surface area (Å²) in [7, 11) is 1.64. The molecule has 6 heteroatoms. The molecule has 1 fully saturated rings. The Morgan fingerprint density at radius 2 is 1.93 bits per heavy atom. The Balaban J connectivity index is 1.51. The Labute approximate surface area is 164 Å². The molecule has 3 aromatic rings. The van der Waals surface area contributed by atoms with Gasteiger partial charge in [-0.25, -0.2) is 0 Å². The molecule has 0 radical (unpaired) electrons. The summed E-state index contributed by atoms with van der Waals surface area (Å²) >= 11 is 0. The molecular weight excluding hydrogens is 354 g/mol. The number of methoxy groups -OCH3 is 1. The number of carbonyl (C=O) groups is 1. The maximum Gasteiger partial charge on any atom is 0.232 e. The van der Waals surface area contributed by atoms with Gasteiger partial charge in [-0.1, -0.05) is 41.6 Å². The van der Waals surface area contributed by atoms with Crippen molar-refractivity contribution in [2.45, 2.75) is 32.2 Å². The van der Waals surface area contributed by atoms with Gasteiger partial charge in [0.2, 0.25) is 17.6 Å². The Kier molecular flexibility index (Phi) is 4.86. The van der Waals surface area contributed by atoms with Crippen LogP contribution < -0.4 is 4.74 Å². The third-order valence-electron chi connectivity index (χ3n) is 5.40. The molecule has 0 saturated carbocycles. The first-order valence-corrected chi connectivity index (χ1v) is 9.40. The maximum atomic E-state index is 12.6. The molecular formula is C22H23N3O3. The standard InChI is InChI=1S/C22H23N3O3/c1-14-6-4-5-7-19(14)21-23-22(28-24-21)17-12-20(26)25(13-17)15(2)16-8-10-18(27-3)11-9-16/h4-11,15,17H,12-13H2,1-3H3. The molecule has 1 aliphatic heterocycles. The van der Waals surface area contributed by atoms with Crippen molar-refractivity contribution in [1.82, 2.24) is 15.0 Å². The highest BCUT2D eigenvalue weighted by Crippen LogP contribution is 2.34. The molecule has 2 unspecified atom stereocenters. The summed E-state index contributed by atoms with van der Waals surface area (Å²) in [6.45, 7) is 4.62. The number of carbonyl (C=O) groups excluding carboxylic acids is 1. The van der Waals surface area contributed by atoms with Crippen LogP contribution in [0, 0.1) is 6.92 Å². The van der Waals surface area contributed by atoms with Gasteiger partial charge in [0.1, 0.15) is 5.75 Å². The van der Waals surface area contributed by atoms with Crippen LogP contribution in [0.25, 0.3) is 11.4 Å². The summed E-state index contributed by atoms with van der Waals surface area (Å²) in [6, 6.07) is 15.7. The van der Waals surface area contributed by atoms with Crippen molar-refractivity contribution in [2.75, 3.05) is 13.7 Å². The molecule has 0 bridgehead atoms. The zero-order chi connectivity index (χ0) is 19.7. The van der Waals surface area contributed by atoms with Crippen LogP contribution in [0.4, 0.5) is 0 Å². The summed E-state index contributed by atoms with van der Waals surface area (Å²) in [5.41, 5.74) is 3.11. The number of hydrogen-bond acceptors (Lipinski definition) is 5. The summed E-state index contributed by atoms with van der Waals surface area (Å²) in [6.07, 6.45) is 0.385. The number of aryl methyl sites for hydroxylation is 1. The van der Waals surface area contributed by atoms with Gasteiger partial charge >= 0.3 is 0 Å². The fourth-order valence-electron chi connectivity index (χ4n) is 3.67. The van der Waals surface area contributed by atoms with Gasteiger partial charge in [0.25, 0.3) is 0 Å². The van der Waals surface area contributed by atoms with E-state index < -0.39 is 0 Å². The van der Waals surface area contributed by atoms with E-state index in [1.54, 1.807) is 7.11 Å². The van der Waals surface area contributed by atoms with E-state index in [4.69, 9.17) is 9.26 Å². The van der Waals surface area contributed by atoms with Crippen LogP contribution in [-0.2, 0) is 4.79 Å². The van der Waals surface area contributed by atoms with Crippen LogP contribution in [0.2, 0.25) is 0 Å². The molecule has 28 heavy (non-hydrogen) atoms. The lowest BCUT2D eigenvalue weighted by molar-refractivity contribution is -0.129. The van der Waals surface area contributed by atoms with Crippen molar-refractivity contribution in [3.8, 4) is 17.1 Å². The van der Waals surface area contributed by atoms with E-state index >= 15 is 0 Å². The number of benzene rings is 2. The van der Waals surface area contributed by atoms with Gasteiger partial charge < -0.3 is 14.2 Å². The van der Waals surface area contributed by atoms with Crippen molar-refractivity contribution >= 4 is 5.91 Å². The zero-order valence-electron chi connectivity index (χ0n) is 16.3. The number of hydrogen-bond donors (Lipinski definition) is 0. The van der Waals surface area contributed by atoms with Crippen LogP contribution in [-0.4, -0.2) is 34.6 Å². The first-order chi connectivity index (χ1) is 13.6. The van der Waals surface area contributed by atoms with Crippen LogP contribution in [0.1, 0.15) is 42.3 Å². The van der Waals surface area contributed by atoms with Gasteiger partial charge in [0.15, 0.2) is 0 Å². The Bertz CT molecular complexity index is 981. The molecule has 0 spiro atoms. The first-order valence-electron chi connectivity index (χ1n) is 9.40. The fraction of sp³-hybridized carbons (Fsp3) is 0.318. The Morgan fingerprint density at radius 3 is 2.64 bits per heavy atom. The minimum atomic E-state index is -0.0848. The van der Waals surface area contributed by atoms with Crippen molar-refractivity contribution < 1.29 is 14.1 Å². The topological polar surface area (TPSA) is 68.5 Å². The molecule has 1 aromatic heterocycles. The number of amides is 1. The minimum absolute atomic E-state index is 0.0258. The second-order valence-corrected chi connectivity index (χ2v) is 7.17. The lowest BCUT2D eigenvalue weighted by atomic mass is 10.1. The van der Waals surface area contributed by atoms with Gasteiger partial charge in [-0.3, -0.25) is 4.79 Å². The van der Waals surface area contributed by atoms with Crippen molar-refractivity contribution in [3.63, 3.8) is 0 Å². The fourth-order valence-corrected chi connectivity index (χ4v) is 3.67. The smallest absolute Gasteiger partial charge is 0.232 e. The summed E-state index contributed by atoms with van der Waals surface area (Å²) in [4.78, 5) is 19.1. The van der Waals surface area contributed by atoms with E-state index in [-0.39, 0.29) is 17.9 Å². The maximum absolute atomic E-state index is 12.6. The third kappa shape index (κ3) is 3.38. The second-order valence-electron chi connectivity index (χ2n) is 7.17. The second kappa shape index (κ2) is 7.46. The molecule has 1 saturated heterocycles. The number of aromatic nitrogens is 2. The van der Waals surface area contributed by atoms with E-state index in [2.05, 4.69) is 10.1 Å². The lowest BCUT2D eigenvalue weighted by Crippen LogP contribution is -2.28. The number of ether oxygens (including phenoxy) is 1. The predicted molar refractivity (Wildman–Crippen MR) is 105 cm³/mol. The first kappa shape index (κ1) is 18.2. The predicted octanol–water partition coefficient (Wildman–Crippen LogP) is 4.13. The van der Waals surface area contributed by atoms with Crippen LogP contribution >= 0.6 is 0 Å². The van der Waals surface area contributed by atoms with Gasteiger partial charge in [0.05, 0.1) is 19.1 Å². The van der Waals surface area contributed by atoms with Gasteiger partial charge in [0, 0.05) is 18.5 Å². The average Bonchev–Trinajstić information content (AvgIpc) is 3.35. The van der Waals surface area contributed by atoms with E-state index in [0.717, 1.165) is 22.4 Å². The molecule has 1 aliphatic rings. The lowest BCUT2D eigenvalue weighted by Gasteiger charge is -2.25. The van der Waals surface area contributed by atoms with E-state index in [0.29, 0.717) is 24.7 Å². The highest BCUT2D eigenvalue weighted by molar-refractivity contribution is 5.80. The minimum Gasteiger partial charge on any atom is -0.497 e. The number of nitrogens with zero attached hydrogens (tertiary/aromatic N) is 3. The zero-order valence-corrected chi connectivity index (χ0v) is 16.3.